The maximum atomic E-state index is 14.7. The zero-order valence-electron chi connectivity index (χ0n) is 26.9. The Morgan fingerprint density at radius 1 is 0.932 bits per heavy atom. The van der Waals surface area contributed by atoms with Gasteiger partial charge in [-0.05, 0) is 107 Å². The van der Waals surface area contributed by atoms with Crippen LogP contribution in [0, 0.1) is 13.8 Å². The molecule has 3 aromatic carbocycles. The summed E-state index contributed by atoms with van der Waals surface area (Å²) in [5.74, 6) is -0.0862. The van der Waals surface area contributed by atoms with Crippen molar-refractivity contribution in [3.8, 4) is 11.5 Å². The summed E-state index contributed by atoms with van der Waals surface area (Å²) < 4.78 is 10.8. The molecular formula is C35H45N3O6. The highest BCUT2D eigenvalue weighted by molar-refractivity contribution is 5.99. The van der Waals surface area contributed by atoms with Crippen molar-refractivity contribution in [2.45, 2.75) is 85.0 Å². The molecule has 3 amide bonds. The summed E-state index contributed by atoms with van der Waals surface area (Å²) >= 11 is 0. The van der Waals surface area contributed by atoms with Crippen LogP contribution in [-0.4, -0.2) is 52.7 Å². The second kappa shape index (κ2) is 14.8. The van der Waals surface area contributed by atoms with Gasteiger partial charge < -0.3 is 30.1 Å². The second-order valence-corrected chi connectivity index (χ2v) is 12.0. The van der Waals surface area contributed by atoms with E-state index in [1.807, 2.05) is 45.9 Å². The molecule has 3 atom stereocenters. The molecule has 0 saturated carbocycles. The highest BCUT2D eigenvalue weighted by Crippen LogP contribution is 2.32. The molecule has 0 saturated heterocycles. The summed E-state index contributed by atoms with van der Waals surface area (Å²) in [6, 6.07) is 16.7. The van der Waals surface area contributed by atoms with Crippen molar-refractivity contribution in [3.05, 3.63) is 89.0 Å². The molecular weight excluding hydrogens is 558 g/mol. The molecule has 0 spiro atoms. The Hall–Kier alpha value is -4.53. The topological polar surface area (TPSA) is 117 Å². The lowest BCUT2D eigenvalue weighted by molar-refractivity contribution is -0.143. The van der Waals surface area contributed by atoms with Gasteiger partial charge in [0.25, 0.3) is 5.91 Å². The van der Waals surface area contributed by atoms with Crippen LogP contribution in [0.5, 0.6) is 11.5 Å². The number of nitrogens with zero attached hydrogens (tertiary/aromatic N) is 1. The first-order valence-corrected chi connectivity index (χ1v) is 14.8. The maximum absolute atomic E-state index is 14.7. The molecule has 0 heterocycles. The van der Waals surface area contributed by atoms with E-state index in [-0.39, 0.29) is 24.1 Å². The Morgan fingerprint density at radius 2 is 1.52 bits per heavy atom. The Balaban J connectivity index is 2.13. The van der Waals surface area contributed by atoms with Gasteiger partial charge >= 0.3 is 6.09 Å². The van der Waals surface area contributed by atoms with Crippen LogP contribution >= 0.6 is 0 Å². The third-order valence-electron chi connectivity index (χ3n) is 7.39. The minimum Gasteiger partial charge on any atom is -0.508 e. The highest BCUT2D eigenvalue weighted by atomic mass is 16.6. The smallest absolute Gasteiger partial charge is 0.408 e. The van der Waals surface area contributed by atoms with Crippen molar-refractivity contribution >= 4 is 23.6 Å². The summed E-state index contributed by atoms with van der Waals surface area (Å²) in [5.41, 5.74) is 2.91. The predicted octanol–water partition coefficient (Wildman–Crippen LogP) is 6.46. The standard InChI is InChI=1S/C35H45N3O6/c1-9-24(4)38(33(41)29(37-34(42)44-35(5,6)7)21-25-13-17-27(39)18-14-25)31(30-22(2)11-10-12-23(30)3)32(40)36-26-15-19-28(43-8)20-16-26/h10-20,24,29,31,39H,9,21H2,1-8H3,(H,36,40)(H,37,42). The minimum atomic E-state index is -1.07. The number of aryl methyl sites for hydroxylation is 2. The van der Waals surface area contributed by atoms with Gasteiger partial charge in [0.2, 0.25) is 5.91 Å². The fourth-order valence-electron chi connectivity index (χ4n) is 5.03. The van der Waals surface area contributed by atoms with Gasteiger partial charge in [-0.2, -0.15) is 0 Å². The average Bonchev–Trinajstić information content (AvgIpc) is 2.96. The second-order valence-electron chi connectivity index (χ2n) is 12.0. The number of phenols is 1. The van der Waals surface area contributed by atoms with Gasteiger partial charge in [0.1, 0.15) is 29.2 Å². The number of amides is 3. The number of hydrogen-bond acceptors (Lipinski definition) is 6. The number of aromatic hydroxyl groups is 1. The van der Waals surface area contributed by atoms with Crippen molar-refractivity contribution < 1.29 is 29.0 Å². The van der Waals surface area contributed by atoms with E-state index in [4.69, 9.17) is 9.47 Å². The first kappa shape index (κ1) is 34.0. The van der Waals surface area contributed by atoms with Gasteiger partial charge in [0.05, 0.1) is 7.11 Å². The van der Waals surface area contributed by atoms with Gasteiger partial charge in [0.15, 0.2) is 0 Å². The summed E-state index contributed by atoms with van der Waals surface area (Å²) in [7, 11) is 1.57. The zero-order valence-corrected chi connectivity index (χ0v) is 26.9. The molecule has 0 aliphatic heterocycles. The fraction of sp³-hybridized carbons (Fsp3) is 0.400. The molecule has 9 nitrogen and oxygen atoms in total. The number of phenolic OH excluding ortho intramolecular Hbond substituents is 1. The van der Waals surface area contributed by atoms with E-state index in [2.05, 4.69) is 10.6 Å². The number of rotatable bonds is 11. The predicted molar refractivity (Wildman–Crippen MR) is 172 cm³/mol. The van der Waals surface area contributed by atoms with Crippen molar-refractivity contribution in [2.75, 3.05) is 12.4 Å². The van der Waals surface area contributed by atoms with Crippen LogP contribution in [0.4, 0.5) is 10.5 Å². The van der Waals surface area contributed by atoms with Crippen molar-refractivity contribution in [1.82, 2.24) is 10.2 Å². The van der Waals surface area contributed by atoms with E-state index >= 15 is 0 Å². The maximum Gasteiger partial charge on any atom is 0.408 e. The first-order valence-electron chi connectivity index (χ1n) is 14.8. The summed E-state index contributed by atoms with van der Waals surface area (Å²) in [6.45, 7) is 12.9. The van der Waals surface area contributed by atoms with E-state index < -0.39 is 29.7 Å². The van der Waals surface area contributed by atoms with Crippen LogP contribution in [0.3, 0.4) is 0 Å². The molecule has 0 fully saturated rings. The number of nitrogens with one attached hydrogen (secondary N) is 2. The lowest BCUT2D eigenvalue weighted by Gasteiger charge is -2.39. The third-order valence-corrected chi connectivity index (χ3v) is 7.39. The van der Waals surface area contributed by atoms with Gasteiger partial charge in [0, 0.05) is 18.2 Å². The fourth-order valence-corrected chi connectivity index (χ4v) is 5.03. The summed E-state index contributed by atoms with van der Waals surface area (Å²) in [4.78, 5) is 43.6. The van der Waals surface area contributed by atoms with Crippen LogP contribution < -0.4 is 15.4 Å². The normalized spacial score (nSPS) is 13.3. The lowest BCUT2D eigenvalue weighted by atomic mass is 9.92. The Kier molecular flexibility index (Phi) is 11.4. The largest absolute Gasteiger partial charge is 0.508 e. The average molecular weight is 604 g/mol. The number of anilines is 1. The van der Waals surface area contributed by atoms with Gasteiger partial charge in [-0.3, -0.25) is 9.59 Å². The van der Waals surface area contributed by atoms with Crippen molar-refractivity contribution in [1.29, 1.82) is 0 Å². The van der Waals surface area contributed by atoms with Gasteiger partial charge in [-0.25, -0.2) is 4.79 Å². The van der Waals surface area contributed by atoms with Crippen LogP contribution in [0.2, 0.25) is 0 Å². The molecule has 236 valence electrons. The zero-order chi connectivity index (χ0) is 32.6. The molecule has 0 aliphatic rings. The molecule has 9 heteroatoms. The van der Waals surface area contributed by atoms with E-state index in [0.717, 1.165) is 11.1 Å². The number of hydrogen-bond donors (Lipinski definition) is 3. The molecule has 0 aromatic heterocycles. The Bertz CT molecular complexity index is 1410. The molecule has 3 rings (SSSR count). The number of methoxy groups -OCH3 is 1. The first-order chi connectivity index (χ1) is 20.7. The molecule has 0 aliphatic carbocycles. The van der Waals surface area contributed by atoms with Crippen LogP contribution in [-0.2, 0) is 20.7 Å². The summed E-state index contributed by atoms with van der Waals surface area (Å²) in [6.07, 6.45) is -0.0725. The quantitative estimate of drug-likeness (QED) is 0.232. The van der Waals surface area contributed by atoms with Crippen molar-refractivity contribution in [3.63, 3.8) is 0 Å². The van der Waals surface area contributed by atoms with E-state index in [1.54, 1.807) is 69.2 Å². The van der Waals surface area contributed by atoms with Crippen LogP contribution in [0.25, 0.3) is 0 Å². The van der Waals surface area contributed by atoms with E-state index in [1.165, 1.54) is 12.1 Å². The van der Waals surface area contributed by atoms with Gasteiger partial charge in [-0.15, -0.1) is 0 Å². The molecule has 0 bridgehead atoms. The van der Waals surface area contributed by atoms with Crippen LogP contribution in [0.1, 0.15) is 69.3 Å². The third kappa shape index (κ3) is 8.99. The number of alkyl carbamates (subject to hydrolysis) is 1. The molecule has 44 heavy (non-hydrogen) atoms. The minimum absolute atomic E-state index is 0.0863. The van der Waals surface area contributed by atoms with E-state index in [0.29, 0.717) is 29.0 Å². The van der Waals surface area contributed by atoms with E-state index in [9.17, 15) is 19.5 Å². The molecule has 3 unspecified atom stereocenters. The van der Waals surface area contributed by atoms with Crippen LogP contribution in [0.15, 0.2) is 66.7 Å². The highest BCUT2D eigenvalue weighted by Gasteiger charge is 2.39. The molecule has 3 N–H and O–H groups in total. The Morgan fingerprint density at radius 3 is 2.05 bits per heavy atom. The SMILES string of the molecule is CCC(C)N(C(=O)C(Cc1ccc(O)cc1)NC(=O)OC(C)(C)C)C(C(=O)Nc1ccc(OC)cc1)c1c(C)cccc1C. The number of benzene rings is 3. The summed E-state index contributed by atoms with van der Waals surface area (Å²) in [5, 5.41) is 15.6. The lowest BCUT2D eigenvalue weighted by Crippen LogP contribution is -2.55. The molecule has 3 aromatic rings. The Labute approximate surface area is 260 Å². The molecule has 0 radical (unpaired) electrons. The van der Waals surface area contributed by atoms with Crippen molar-refractivity contribution in [2.24, 2.45) is 0 Å². The number of ether oxygens (including phenoxy) is 2. The van der Waals surface area contributed by atoms with Gasteiger partial charge in [-0.1, -0.05) is 37.3 Å². The number of carbonyl (C=O) groups excluding carboxylic acids is 3. The monoisotopic (exact) mass is 603 g/mol. The number of carbonyl (C=O) groups is 3.